The van der Waals surface area contributed by atoms with Crippen LogP contribution in [-0.2, 0) is 10.3 Å². The molecule has 4 nitrogen and oxygen atoms in total. The van der Waals surface area contributed by atoms with Crippen LogP contribution in [0.25, 0.3) is 0 Å². The number of nitrogens with two attached hydrogens (primary N) is 1. The standard InChI is InChI=1S/C17H25NO3/c1-19-16-12-13(17(18)8-2-3-9-17)4-5-15(16)21-14-6-10-20-11-7-14/h4-5,12,14H,2-3,6-11,18H2,1H3. The Balaban J connectivity index is 1.78. The minimum Gasteiger partial charge on any atom is -0.493 e. The second-order valence-corrected chi connectivity index (χ2v) is 6.16. The van der Waals surface area contributed by atoms with Crippen molar-refractivity contribution < 1.29 is 14.2 Å². The fourth-order valence-corrected chi connectivity index (χ4v) is 3.34. The third-order valence-electron chi connectivity index (χ3n) is 4.70. The Morgan fingerprint density at radius 3 is 2.52 bits per heavy atom. The molecule has 21 heavy (non-hydrogen) atoms. The molecular formula is C17H25NO3. The normalized spacial score (nSPS) is 22.2. The maximum atomic E-state index is 6.53. The van der Waals surface area contributed by atoms with E-state index in [-0.39, 0.29) is 11.6 Å². The van der Waals surface area contributed by atoms with Crippen molar-refractivity contribution in [1.82, 2.24) is 0 Å². The zero-order valence-electron chi connectivity index (χ0n) is 12.8. The predicted octanol–water partition coefficient (Wildman–Crippen LogP) is 2.98. The Hall–Kier alpha value is -1.26. The van der Waals surface area contributed by atoms with Crippen molar-refractivity contribution in [2.24, 2.45) is 5.73 Å². The van der Waals surface area contributed by atoms with Gasteiger partial charge >= 0.3 is 0 Å². The number of hydrogen-bond donors (Lipinski definition) is 1. The number of rotatable bonds is 4. The summed E-state index contributed by atoms with van der Waals surface area (Å²) >= 11 is 0. The lowest BCUT2D eigenvalue weighted by atomic mass is 9.89. The molecular weight excluding hydrogens is 266 g/mol. The van der Waals surface area contributed by atoms with Crippen LogP contribution in [0.2, 0.25) is 0 Å². The Morgan fingerprint density at radius 2 is 1.86 bits per heavy atom. The molecule has 0 aromatic heterocycles. The van der Waals surface area contributed by atoms with Crippen LogP contribution >= 0.6 is 0 Å². The molecule has 1 saturated carbocycles. The highest BCUT2D eigenvalue weighted by atomic mass is 16.5. The van der Waals surface area contributed by atoms with Crippen LogP contribution in [-0.4, -0.2) is 26.4 Å². The van der Waals surface area contributed by atoms with Crippen molar-refractivity contribution in [3.05, 3.63) is 23.8 Å². The van der Waals surface area contributed by atoms with Crippen LogP contribution in [0.3, 0.4) is 0 Å². The van der Waals surface area contributed by atoms with E-state index in [9.17, 15) is 0 Å². The van der Waals surface area contributed by atoms with Gasteiger partial charge < -0.3 is 19.9 Å². The molecule has 1 aliphatic carbocycles. The Bertz CT molecular complexity index is 477. The summed E-state index contributed by atoms with van der Waals surface area (Å²) in [6.07, 6.45) is 6.61. The molecule has 0 bridgehead atoms. The molecule has 1 aromatic carbocycles. The van der Waals surface area contributed by atoms with Gasteiger partial charge in [0.05, 0.1) is 20.3 Å². The average molecular weight is 291 g/mol. The molecule has 4 heteroatoms. The first-order valence-electron chi connectivity index (χ1n) is 7.93. The van der Waals surface area contributed by atoms with Gasteiger partial charge in [0.1, 0.15) is 6.10 Å². The van der Waals surface area contributed by atoms with Crippen LogP contribution in [0.15, 0.2) is 18.2 Å². The number of methoxy groups -OCH3 is 1. The van der Waals surface area contributed by atoms with Crippen LogP contribution in [0.1, 0.15) is 44.1 Å². The van der Waals surface area contributed by atoms with E-state index >= 15 is 0 Å². The molecule has 1 aromatic rings. The first-order valence-corrected chi connectivity index (χ1v) is 7.93. The van der Waals surface area contributed by atoms with Crippen molar-refractivity contribution in [1.29, 1.82) is 0 Å². The molecule has 2 aliphatic rings. The van der Waals surface area contributed by atoms with E-state index in [1.54, 1.807) is 7.11 Å². The summed E-state index contributed by atoms with van der Waals surface area (Å²) in [7, 11) is 1.69. The first kappa shape index (κ1) is 14.7. The van der Waals surface area contributed by atoms with Crippen LogP contribution in [0.4, 0.5) is 0 Å². The van der Waals surface area contributed by atoms with Gasteiger partial charge in [-0.25, -0.2) is 0 Å². The predicted molar refractivity (Wildman–Crippen MR) is 81.8 cm³/mol. The van der Waals surface area contributed by atoms with Crippen LogP contribution in [0, 0.1) is 0 Å². The maximum Gasteiger partial charge on any atom is 0.161 e. The van der Waals surface area contributed by atoms with Gasteiger partial charge in [0.25, 0.3) is 0 Å². The van der Waals surface area contributed by atoms with Gasteiger partial charge in [0.2, 0.25) is 0 Å². The second-order valence-electron chi connectivity index (χ2n) is 6.16. The summed E-state index contributed by atoms with van der Waals surface area (Å²) < 4.78 is 17.0. The summed E-state index contributed by atoms with van der Waals surface area (Å²) in [4.78, 5) is 0. The minimum atomic E-state index is -0.190. The second kappa shape index (κ2) is 6.24. The Kier molecular flexibility index (Phi) is 4.36. The van der Waals surface area contributed by atoms with E-state index in [2.05, 4.69) is 12.1 Å². The minimum absolute atomic E-state index is 0.190. The SMILES string of the molecule is COc1cc(C2(N)CCCC2)ccc1OC1CCOCC1. The molecule has 1 aliphatic heterocycles. The summed E-state index contributed by atoms with van der Waals surface area (Å²) in [5.74, 6) is 1.60. The highest BCUT2D eigenvalue weighted by molar-refractivity contribution is 5.45. The number of benzene rings is 1. The summed E-state index contributed by atoms with van der Waals surface area (Å²) in [5, 5.41) is 0. The van der Waals surface area contributed by atoms with E-state index in [0.29, 0.717) is 0 Å². The van der Waals surface area contributed by atoms with E-state index in [1.807, 2.05) is 6.07 Å². The molecule has 0 spiro atoms. The topological polar surface area (TPSA) is 53.7 Å². The van der Waals surface area contributed by atoms with Crippen molar-refractivity contribution in [2.45, 2.75) is 50.2 Å². The lowest BCUT2D eigenvalue weighted by Crippen LogP contribution is -2.33. The quantitative estimate of drug-likeness (QED) is 0.926. The van der Waals surface area contributed by atoms with Crippen LogP contribution in [0.5, 0.6) is 11.5 Å². The fraction of sp³-hybridized carbons (Fsp3) is 0.647. The molecule has 1 heterocycles. The molecule has 0 unspecified atom stereocenters. The molecule has 2 N–H and O–H groups in total. The molecule has 116 valence electrons. The third-order valence-corrected chi connectivity index (χ3v) is 4.70. The summed E-state index contributed by atoms with van der Waals surface area (Å²) in [6.45, 7) is 1.55. The van der Waals surface area contributed by atoms with E-state index in [4.69, 9.17) is 19.9 Å². The first-order chi connectivity index (χ1) is 10.2. The zero-order chi connectivity index (χ0) is 14.7. The van der Waals surface area contributed by atoms with Crippen LogP contribution < -0.4 is 15.2 Å². The maximum absolute atomic E-state index is 6.53. The molecule has 0 atom stereocenters. The largest absolute Gasteiger partial charge is 0.493 e. The van der Waals surface area contributed by atoms with Crippen molar-refractivity contribution in [2.75, 3.05) is 20.3 Å². The molecule has 1 saturated heterocycles. The van der Waals surface area contributed by atoms with Crippen molar-refractivity contribution >= 4 is 0 Å². The third kappa shape index (κ3) is 3.16. The van der Waals surface area contributed by atoms with Gasteiger partial charge in [-0.3, -0.25) is 0 Å². The smallest absolute Gasteiger partial charge is 0.161 e. The molecule has 0 amide bonds. The number of hydrogen-bond acceptors (Lipinski definition) is 4. The average Bonchev–Trinajstić information content (AvgIpc) is 2.96. The monoisotopic (exact) mass is 291 g/mol. The van der Waals surface area contributed by atoms with E-state index in [0.717, 1.165) is 56.0 Å². The highest BCUT2D eigenvalue weighted by Crippen LogP contribution is 2.40. The Labute approximate surface area is 126 Å². The van der Waals surface area contributed by atoms with Gasteiger partial charge in [-0.15, -0.1) is 0 Å². The van der Waals surface area contributed by atoms with Crippen molar-refractivity contribution in [3.63, 3.8) is 0 Å². The van der Waals surface area contributed by atoms with Gasteiger partial charge in [-0.05, 0) is 30.5 Å². The molecule has 2 fully saturated rings. The zero-order valence-corrected chi connectivity index (χ0v) is 12.8. The summed E-state index contributed by atoms with van der Waals surface area (Å²) in [6, 6.07) is 6.17. The van der Waals surface area contributed by atoms with E-state index in [1.165, 1.54) is 12.8 Å². The molecule has 3 rings (SSSR count). The van der Waals surface area contributed by atoms with Gasteiger partial charge in [0, 0.05) is 18.4 Å². The van der Waals surface area contributed by atoms with Gasteiger partial charge in [-0.2, -0.15) is 0 Å². The van der Waals surface area contributed by atoms with Gasteiger partial charge in [0.15, 0.2) is 11.5 Å². The lowest BCUT2D eigenvalue weighted by molar-refractivity contribution is 0.0245. The lowest BCUT2D eigenvalue weighted by Gasteiger charge is -2.27. The Morgan fingerprint density at radius 1 is 1.14 bits per heavy atom. The van der Waals surface area contributed by atoms with Gasteiger partial charge in [-0.1, -0.05) is 18.9 Å². The van der Waals surface area contributed by atoms with Crippen molar-refractivity contribution in [3.8, 4) is 11.5 Å². The fourth-order valence-electron chi connectivity index (χ4n) is 3.34. The summed E-state index contributed by atoms with van der Waals surface area (Å²) in [5.41, 5.74) is 7.50. The molecule has 0 radical (unpaired) electrons. The van der Waals surface area contributed by atoms with E-state index < -0.39 is 0 Å². The highest BCUT2D eigenvalue weighted by Gasteiger charge is 2.32. The number of ether oxygens (including phenoxy) is 3.